The topological polar surface area (TPSA) is 64.1 Å². The lowest BCUT2D eigenvalue weighted by Crippen LogP contribution is -2.38. The summed E-state index contributed by atoms with van der Waals surface area (Å²) in [4.78, 5) is 22.5. The molecule has 9 heteroatoms. The smallest absolute Gasteiger partial charge is 0.260 e. The summed E-state index contributed by atoms with van der Waals surface area (Å²) < 4.78 is 17.6. The summed E-state index contributed by atoms with van der Waals surface area (Å²) in [5.74, 6) is 2.00. The van der Waals surface area contributed by atoms with Gasteiger partial charge in [0, 0.05) is 18.7 Å². The number of hydrogen-bond donors (Lipinski definition) is 0. The molecule has 7 nitrogen and oxygen atoms in total. The number of amides is 1. The van der Waals surface area contributed by atoms with E-state index in [4.69, 9.17) is 19.2 Å². The normalized spacial score (nSPS) is 10.9. The molecule has 2 aromatic carbocycles. The number of aromatic nitrogens is 1. The van der Waals surface area contributed by atoms with Gasteiger partial charge in [-0.25, -0.2) is 4.98 Å². The van der Waals surface area contributed by atoms with E-state index in [1.54, 1.807) is 31.3 Å². The standard InChI is InChI=1S/C25H33N3O4S.ClH/c1-7-27(8-2)15-16-28(24(29)18-9-11-19(12-10-18)32-17(3)4)25-26-22-20(30-5)13-14-21(31-6)23(22)33-25;/h9-14,17H,7-8,15-16H2,1-6H3;1H. The van der Waals surface area contributed by atoms with E-state index in [1.165, 1.54) is 11.3 Å². The van der Waals surface area contributed by atoms with Crippen molar-refractivity contribution >= 4 is 45.0 Å². The van der Waals surface area contributed by atoms with Crippen LogP contribution >= 0.6 is 23.7 Å². The van der Waals surface area contributed by atoms with E-state index in [0.29, 0.717) is 34.3 Å². The fourth-order valence-corrected chi connectivity index (χ4v) is 4.66. The minimum atomic E-state index is -0.102. The monoisotopic (exact) mass is 507 g/mol. The van der Waals surface area contributed by atoms with E-state index >= 15 is 0 Å². The molecule has 0 bridgehead atoms. The Morgan fingerprint density at radius 3 is 2.15 bits per heavy atom. The average molecular weight is 508 g/mol. The lowest BCUT2D eigenvalue weighted by molar-refractivity contribution is 0.0983. The number of anilines is 1. The zero-order chi connectivity index (χ0) is 24.0. The summed E-state index contributed by atoms with van der Waals surface area (Å²) in [6.07, 6.45) is 0.0739. The number of nitrogens with zero attached hydrogens (tertiary/aromatic N) is 3. The second-order valence-corrected chi connectivity index (χ2v) is 8.80. The molecule has 34 heavy (non-hydrogen) atoms. The van der Waals surface area contributed by atoms with Crippen LogP contribution in [0.1, 0.15) is 38.1 Å². The van der Waals surface area contributed by atoms with Crippen molar-refractivity contribution < 1.29 is 19.0 Å². The van der Waals surface area contributed by atoms with Crippen molar-refractivity contribution in [2.75, 3.05) is 45.3 Å². The maximum atomic E-state index is 13.6. The van der Waals surface area contributed by atoms with Gasteiger partial charge < -0.3 is 19.1 Å². The van der Waals surface area contributed by atoms with Crippen LogP contribution < -0.4 is 19.1 Å². The number of thiazole rings is 1. The maximum Gasteiger partial charge on any atom is 0.260 e. The Morgan fingerprint density at radius 1 is 0.971 bits per heavy atom. The molecule has 1 aromatic heterocycles. The number of carbonyl (C=O) groups excluding carboxylic acids is 1. The Labute approximate surface area is 212 Å². The third kappa shape index (κ3) is 6.31. The first kappa shape index (κ1) is 27.7. The van der Waals surface area contributed by atoms with Crippen LogP contribution in [0.4, 0.5) is 5.13 Å². The molecule has 186 valence electrons. The number of benzene rings is 2. The van der Waals surface area contributed by atoms with Crippen molar-refractivity contribution in [3.63, 3.8) is 0 Å². The molecular weight excluding hydrogens is 474 g/mol. The van der Waals surface area contributed by atoms with Crippen LogP contribution in [0.15, 0.2) is 36.4 Å². The van der Waals surface area contributed by atoms with Gasteiger partial charge in [0.05, 0.1) is 20.3 Å². The van der Waals surface area contributed by atoms with Gasteiger partial charge in [-0.2, -0.15) is 0 Å². The van der Waals surface area contributed by atoms with E-state index in [9.17, 15) is 4.79 Å². The highest BCUT2D eigenvalue weighted by atomic mass is 35.5. The summed E-state index contributed by atoms with van der Waals surface area (Å²) in [7, 11) is 3.25. The first-order valence-corrected chi connectivity index (χ1v) is 12.1. The van der Waals surface area contributed by atoms with Gasteiger partial charge in [0.15, 0.2) is 5.13 Å². The first-order valence-electron chi connectivity index (χ1n) is 11.2. The van der Waals surface area contributed by atoms with Gasteiger partial charge in [-0.3, -0.25) is 9.69 Å². The second kappa shape index (κ2) is 12.8. The van der Waals surface area contributed by atoms with Crippen LogP contribution in [0.2, 0.25) is 0 Å². The molecule has 3 rings (SSSR count). The Bertz CT molecular complexity index is 1030. The molecule has 0 aliphatic rings. The molecule has 1 heterocycles. The molecule has 0 N–H and O–H groups in total. The molecule has 0 saturated heterocycles. The van der Waals surface area contributed by atoms with Crippen LogP contribution in [0.5, 0.6) is 17.2 Å². The van der Waals surface area contributed by atoms with E-state index in [1.807, 2.05) is 38.1 Å². The highest BCUT2D eigenvalue weighted by Gasteiger charge is 2.24. The van der Waals surface area contributed by atoms with E-state index in [-0.39, 0.29) is 24.4 Å². The molecule has 0 aliphatic heterocycles. The van der Waals surface area contributed by atoms with Crippen molar-refractivity contribution in [3.05, 3.63) is 42.0 Å². The van der Waals surface area contributed by atoms with Crippen LogP contribution in [0.25, 0.3) is 10.2 Å². The van der Waals surface area contributed by atoms with Crippen molar-refractivity contribution in [2.45, 2.75) is 33.8 Å². The molecule has 0 spiro atoms. The summed E-state index contributed by atoms with van der Waals surface area (Å²) in [5, 5.41) is 0.618. The van der Waals surface area contributed by atoms with Crippen molar-refractivity contribution in [1.82, 2.24) is 9.88 Å². The Morgan fingerprint density at radius 2 is 1.59 bits per heavy atom. The van der Waals surface area contributed by atoms with Gasteiger partial charge >= 0.3 is 0 Å². The third-order valence-corrected chi connectivity index (χ3v) is 6.48. The minimum Gasteiger partial charge on any atom is -0.495 e. The van der Waals surface area contributed by atoms with Crippen molar-refractivity contribution in [1.29, 1.82) is 0 Å². The molecule has 0 atom stereocenters. The summed E-state index contributed by atoms with van der Waals surface area (Å²) in [5.41, 5.74) is 1.28. The number of carbonyl (C=O) groups is 1. The zero-order valence-electron chi connectivity index (χ0n) is 20.7. The van der Waals surface area contributed by atoms with Crippen LogP contribution in [0, 0.1) is 0 Å². The van der Waals surface area contributed by atoms with Crippen LogP contribution in [0.3, 0.4) is 0 Å². The van der Waals surface area contributed by atoms with Gasteiger partial charge in [-0.05, 0) is 63.3 Å². The Hall–Kier alpha value is -2.55. The number of halogens is 1. The predicted molar refractivity (Wildman–Crippen MR) is 142 cm³/mol. The van der Waals surface area contributed by atoms with Gasteiger partial charge in [0.1, 0.15) is 27.5 Å². The van der Waals surface area contributed by atoms with Crippen LogP contribution in [-0.4, -0.2) is 62.3 Å². The molecule has 1 amide bonds. The fourth-order valence-electron chi connectivity index (χ4n) is 3.56. The summed E-state index contributed by atoms with van der Waals surface area (Å²) >= 11 is 1.43. The second-order valence-electron chi connectivity index (χ2n) is 7.82. The molecule has 0 aliphatic carbocycles. The Kier molecular flexibility index (Phi) is 10.4. The number of fused-ring (bicyclic) bond motifs is 1. The van der Waals surface area contributed by atoms with Crippen LogP contribution in [-0.2, 0) is 0 Å². The predicted octanol–water partition coefficient (Wildman–Crippen LogP) is 5.51. The molecular formula is C25H34ClN3O4S. The van der Waals surface area contributed by atoms with Gasteiger partial charge in [0.25, 0.3) is 5.91 Å². The molecule has 0 radical (unpaired) electrons. The van der Waals surface area contributed by atoms with Crippen molar-refractivity contribution in [3.8, 4) is 17.2 Å². The van der Waals surface area contributed by atoms with Gasteiger partial charge in [0.2, 0.25) is 0 Å². The quantitative estimate of drug-likeness (QED) is 0.341. The molecule has 0 saturated carbocycles. The third-order valence-electron chi connectivity index (χ3n) is 5.38. The van der Waals surface area contributed by atoms with Gasteiger partial charge in [-0.1, -0.05) is 25.2 Å². The summed E-state index contributed by atoms with van der Waals surface area (Å²) in [6.45, 7) is 11.3. The lowest BCUT2D eigenvalue weighted by Gasteiger charge is -2.24. The number of hydrogen-bond acceptors (Lipinski definition) is 7. The van der Waals surface area contributed by atoms with Gasteiger partial charge in [-0.15, -0.1) is 12.4 Å². The molecule has 3 aromatic rings. The van der Waals surface area contributed by atoms with E-state index in [0.717, 1.165) is 30.1 Å². The highest BCUT2D eigenvalue weighted by Crippen LogP contribution is 2.40. The highest BCUT2D eigenvalue weighted by molar-refractivity contribution is 7.22. The maximum absolute atomic E-state index is 13.6. The van der Waals surface area contributed by atoms with Crippen molar-refractivity contribution in [2.24, 2.45) is 0 Å². The average Bonchev–Trinajstić information content (AvgIpc) is 3.26. The minimum absolute atomic E-state index is 0. The lowest BCUT2D eigenvalue weighted by atomic mass is 10.2. The molecule has 0 unspecified atom stereocenters. The number of methoxy groups -OCH3 is 2. The number of ether oxygens (including phenoxy) is 3. The molecule has 0 fully saturated rings. The van der Waals surface area contributed by atoms with E-state index in [2.05, 4.69) is 18.7 Å². The fraction of sp³-hybridized carbons (Fsp3) is 0.440. The Balaban J connectivity index is 0.00000408. The number of likely N-dealkylation sites (N-methyl/N-ethyl adjacent to an activating group) is 1. The number of rotatable bonds is 11. The zero-order valence-corrected chi connectivity index (χ0v) is 22.3. The SMILES string of the molecule is CCN(CC)CCN(C(=O)c1ccc(OC(C)C)cc1)c1nc2c(OC)ccc(OC)c2s1.Cl. The van der Waals surface area contributed by atoms with E-state index < -0.39 is 0 Å². The first-order chi connectivity index (χ1) is 15.9. The summed E-state index contributed by atoms with van der Waals surface area (Å²) in [6, 6.07) is 11.0. The largest absolute Gasteiger partial charge is 0.495 e.